The second-order valence-electron chi connectivity index (χ2n) is 6.89. The SMILES string of the molecule is CN=C(NCc1cnn(Cc2ccccc2)c1)NCC1Cc2ccccc2O1. The van der Waals surface area contributed by atoms with Crippen molar-refractivity contribution in [1.29, 1.82) is 0 Å². The highest BCUT2D eigenvalue weighted by Gasteiger charge is 2.22. The molecule has 6 heteroatoms. The van der Waals surface area contributed by atoms with Gasteiger partial charge in [-0.2, -0.15) is 5.10 Å². The van der Waals surface area contributed by atoms with Crippen LogP contribution in [0.25, 0.3) is 0 Å². The summed E-state index contributed by atoms with van der Waals surface area (Å²) < 4.78 is 7.92. The van der Waals surface area contributed by atoms with E-state index in [1.807, 2.05) is 41.2 Å². The molecule has 0 radical (unpaired) electrons. The van der Waals surface area contributed by atoms with Gasteiger partial charge in [-0.25, -0.2) is 0 Å². The number of para-hydroxylation sites is 1. The van der Waals surface area contributed by atoms with E-state index in [0.29, 0.717) is 13.1 Å². The van der Waals surface area contributed by atoms with Crippen LogP contribution in [0.3, 0.4) is 0 Å². The Balaban J connectivity index is 1.24. The fourth-order valence-corrected chi connectivity index (χ4v) is 3.34. The molecule has 2 N–H and O–H groups in total. The molecule has 1 unspecified atom stereocenters. The van der Waals surface area contributed by atoms with Crippen LogP contribution in [0.4, 0.5) is 0 Å². The highest BCUT2D eigenvalue weighted by atomic mass is 16.5. The molecule has 3 aromatic rings. The highest BCUT2D eigenvalue weighted by molar-refractivity contribution is 5.79. The summed E-state index contributed by atoms with van der Waals surface area (Å²) >= 11 is 0. The molecule has 2 aromatic carbocycles. The Hall–Kier alpha value is -3.28. The number of nitrogens with one attached hydrogen (secondary N) is 2. The lowest BCUT2D eigenvalue weighted by atomic mass is 10.1. The maximum absolute atomic E-state index is 5.97. The van der Waals surface area contributed by atoms with Crippen molar-refractivity contribution in [2.75, 3.05) is 13.6 Å². The van der Waals surface area contributed by atoms with E-state index >= 15 is 0 Å². The second-order valence-corrected chi connectivity index (χ2v) is 6.89. The molecule has 1 aromatic heterocycles. The molecule has 0 spiro atoms. The molecule has 0 fully saturated rings. The van der Waals surface area contributed by atoms with E-state index in [1.165, 1.54) is 11.1 Å². The van der Waals surface area contributed by atoms with Gasteiger partial charge in [-0.1, -0.05) is 48.5 Å². The van der Waals surface area contributed by atoms with Gasteiger partial charge in [-0.15, -0.1) is 0 Å². The van der Waals surface area contributed by atoms with Crippen LogP contribution in [0.5, 0.6) is 5.75 Å². The number of guanidine groups is 1. The van der Waals surface area contributed by atoms with Crippen LogP contribution >= 0.6 is 0 Å². The monoisotopic (exact) mass is 375 g/mol. The first-order valence-electron chi connectivity index (χ1n) is 9.54. The number of rotatable bonds is 6. The van der Waals surface area contributed by atoms with E-state index in [1.54, 1.807) is 7.05 Å². The molecule has 0 bridgehead atoms. The Morgan fingerprint density at radius 1 is 1.11 bits per heavy atom. The molecule has 0 amide bonds. The summed E-state index contributed by atoms with van der Waals surface area (Å²) in [4.78, 5) is 4.30. The summed E-state index contributed by atoms with van der Waals surface area (Å²) in [6, 6.07) is 18.5. The predicted molar refractivity (Wildman–Crippen MR) is 111 cm³/mol. The van der Waals surface area contributed by atoms with E-state index < -0.39 is 0 Å². The number of nitrogens with zero attached hydrogens (tertiary/aromatic N) is 3. The van der Waals surface area contributed by atoms with Gasteiger partial charge in [0.05, 0.1) is 19.3 Å². The second kappa shape index (κ2) is 8.61. The van der Waals surface area contributed by atoms with Crippen LogP contribution in [0, 0.1) is 0 Å². The number of benzene rings is 2. The van der Waals surface area contributed by atoms with E-state index in [-0.39, 0.29) is 6.10 Å². The number of aliphatic imine (C=N–C) groups is 1. The minimum absolute atomic E-state index is 0.129. The summed E-state index contributed by atoms with van der Waals surface area (Å²) in [5.41, 5.74) is 3.62. The maximum Gasteiger partial charge on any atom is 0.191 e. The van der Waals surface area contributed by atoms with E-state index in [4.69, 9.17) is 4.74 Å². The van der Waals surface area contributed by atoms with Gasteiger partial charge >= 0.3 is 0 Å². The van der Waals surface area contributed by atoms with Crippen LogP contribution in [-0.2, 0) is 19.5 Å². The number of hydrogen-bond acceptors (Lipinski definition) is 3. The third-order valence-electron chi connectivity index (χ3n) is 4.77. The van der Waals surface area contributed by atoms with Crippen molar-refractivity contribution in [1.82, 2.24) is 20.4 Å². The maximum atomic E-state index is 5.97. The van der Waals surface area contributed by atoms with Gasteiger partial charge in [0.25, 0.3) is 0 Å². The number of ether oxygens (including phenoxy) is 1. The quantitative estimate of drug-likeness (QED) is 0.514. The van der Waals surface area contributed by atoms with Crippen molar-refractivity contribution >= 4 is 5.96 Å². The molecule has 0 saturated carbocycles. The number of hydrogen-bond donors (Lipinski definition) is 2. The molecule has 28 heavy (non-hydrogen) atoms. The normalized spacial score (nSPS) is 15.8. The lowest BCUT2D eigenvalue weighted by Crippen LogP contribution is -2.41. The number of aromatic nitrogens is 2. The van der Waals surface area contributed by atoms with Crippen LogP contribution < -0.4 is 15.4 Å². The molecule has 1 atom stereocenters. The average Bonchev–Trinajstić information content (AvgIpc) is 3.35. The smallest absolute Gasteiger partial charge is 0.191 e. The zero-order chi connectivity index (χ0) is 19.2. The van der Waals surface area contributed by atoms with Crippen LogP contribution in [-0.4, -0.2) is 35.4 Å². The largest absolute Gasteiger partial charge is 0.488 e. The summed E-state index contributed by atoms with van der Waals surface area (Å²) in [5, 5.41) is 11.1. The predicted octanol–water partition coefficient (Wildman–Crippen LogP) is 2.60. The van der Waals surface area contributed by atoms with Gasteiger partial charge in [0.2, 0.25) is 0 Å². The molecule has 2 heterocycles. The van der Waals surface area contributed by atoms with Crippen LogP contribution in [0.1, 0.15) is 16.7 Å². The molecule has 4 rings (SSSR count). The molecular weight excluding hydrogens is 350 g/mol. The zero-order valence-electron chi connectivity index (χ0n) is 16.0. The Bertz CT molecular complexity index is 910. The Kier molecular flexibility index (Phi) is 5.56. The van der Waals surface area contributed by atoms with E-state index in [9.17, 15) is 0 Å². The van der Waals surface area contributed by atoms with Gasteiger partial charge in [0.15, 0.2) is 5.96 Å². The lowest BCUT2D eigenvalue weighted by molar-refractivity contribution is 0.235. The third-order valence-corrected chi connectivity index (χ3v) is 4.77. The Labute approximate surface area is 165 Å². The highest BCUT2D eigenvalue weighted by Crippen LogP contribution is 2.27. The third kappa shape index (κ3) is 4.52. The molecule has 1 aliphatic rings. The summed E-state index contributed by atoms with van der Waals surface area (Å²) in [6.45, 7) is 2.15. The molecule has 6 nitrogen and oxygen atoms in total. The summed E-state index contributed by atoms with van der Waals surface area (Å²) in [6.07, 6.45) is 5.00. The van der Waals surface area contributed by atoms with Crippen molar-refractivity contribution < 1.29 is 4.74 Å². The van der Waals surface area contributed by atoms with Crippen molar-refractivity contribution in [2.45, 2.75) is 25.6 Å². The Morgan fingerprint density at radius 3 is 2.75 bits per heavy atom. The van der Waals surface area contributed by atoms with E-state index in [0.717, 1.165) is 30.2 Å². The summed E-state index contributed by atoms with van der Waals surface area (Å²) in [5.74, 6) is 1.75. The van der Waals surface area contributed by atoms with Gasteiger partial charge in [-0.05, 0) is 17.2 Å². The van der Waals surface area contributed by atoms with Crippen LogP contribution in [0.15, 0.2) is 72.0 Å². The zero-order valence-corrected chi connectivity index (χ0v) is 16.0. The minimum Gasteiger partial charge on any atom is -0.488 e. The van der Waals surface area contributed by atoms with Crippen molar-refractivity contribution in [3.05, 3.63) is 83.7 Å². The van der Waals surface area contributed by atoms with Crippen molar-refractivity contribution in [3.63, 3.8) is 0 Å². The first kappa shape index (κ1) is 18.1. The van der Waals surface area contributed by atoms with Gasteiger partial charge in [0.1, 0.15) is 11.9 Å². The standard InChI is InChI=1S/C22H25N5O/c1-23-22(25-14-20-11-19-9-5-6-10-21(19)28-20)24-12-18-13-26-27(16-18)15-17-7-3-2-4-8-17/h2-10,13,16,20H,11-12,14-15H2,1H3,(H2,23,24,25). The fourth-order valence-electron chi connectivity index (χ4n) is 3.34. The molecule has 144 valence electrons. The summed E-state index contributed by atoms with van der Waals surface area (Å²) in [7, 11) is 1.78. The Morgan fingerprint density at radius 2 is 1.93 bits per heavy atom. The average molecular weight is 375 g/mol. The molecule has 0 saturated heterocycles. The van der Waals surface area contributed by atoms with Crippen LogP contribution in [0.2, 0.25) is 0 Å². The first-order chi connectivity index (χ1) is 13.8. The first-order valence-corrected chi connectivity index (χ1v) is 9.54. The van der Waals surface area contributed by atoms with Gasteiger partial charge in [-0.3, -0.25) is 9.67 Å². The molecule has 0 aliphatic carbocycles. The van der Waals surface area contributed by atoms with Crippen molar-refractivity contribution in [2.24, 2.45) is 4.99 Å². The van der Waals surface area contributed by atoms with E-state index in [2.05, 4.69) is 51.2 Å². The number of fused-ring (bicyclic) bond motifs is 1. The fraction of sp³-hybridized carbons (Fsp3) is 0.273. The molecular formula is C22H25N5O. The van der Waals surface area contributed by atoms with Gasteiger partial charge < -0.3 is 15.4 Å². The molecule has 1 aliphatic heterocycles. The minimum atomic E-state index is 0.129. The van der Waals surface area contributed by atoms with Crippen molar-refractivity contribution in [3.8, 4) is 5.75 Å². The van der Waals surface area contributed by atoms with Gasteiger partial charge in [0, 0.05) is 31.8 Å². The topological polar surface area (TPSA) is 63.5 Å². The lowest BCUT2D eigenvalue weighted by Gasteiger charge is -2.15.